The predicted octanol–water partition coefficient (Wildman–Crippen LogP) is 5.48. The van der Waals surface area contributed by atoms with Crippen LogP contribution in [0.15, 0.2) is 67.1 Å². The van der Waals surface area contributed by atoms with Crippen molar-refractivity contribution in [3.63, 3.8) is 0 Å². The lowest BCUT2D eigenvalue weighted by molar-refractivity contribution is -0.138. The van der Waals surface area contributed by atoms with Crippen LogP contribution in [0.1, 0.15) is 54.3 Å². The number of carbonyl (C=O) groups excluding carboxylic acids is 1. The topological polar surface area (TPSA) is 92.2 Å². The second kappa shape index (κ2) is 11.3. The van der Waals surface area contributed by atoms with Gasteiger partial charge in [0.1, 0.15) is 0 Å². The molecule has 2 N–H and O–H groups in total. The fourth-order valence-electron chi connectivity index (χ4n) is 5.03. The molecule has 0 amide bonds. The first-order valence-electron chi connectivity index (χ1n) is 11.6. The van der Waals surface area contributed by atoms with Crippen molar-refractivity contribution in [1.82, 2.24) is 15.3 Å². The molecule has 1 aromatic heterocycles. The van der Waals surface area contributed by atoms with Crippen LogP contribution in [0.4, 0.5) is 0 Å². The highest BCUT2D eigenvalue weighted by Gasteiger charge is 2.42. The zero-order valence-electron chi connectivity index (χ0n) is 19.3. The number of hydrogen-bond donors (Lipinski definition) is 2. The molecule has 2 aromatic carbocycles. The number of Topliss-reactive ketones (excluding diaryl/α,β-unsaturated/α-hetero) is 1. The Kier molecular flexibility index (Phi) is 8.16. The third kappa shape index (κ3) is 6.07. The molecule has 1 unspecified atom stereocenters. The van der Waals surface area contributed by atoms with Crippen molar-refractivity contribution >= 4 is 35.0 Å². The molecule has 1 fully saturated rings. The third-order valence-electron chi connectivity index (χ3n) is 6.77. The van der Waals surface area contributed by atoms with Crippen molar-refractivity contribution in [1.29, 1.82) is 0 Å². The average Bonchev–Trinajstić information content (AvgIpc) is 2.85. The van der Waals surface area contributed by atoms with E-state index in [0.29, 0.717) is 28.7 Å². The molecule has 0 bridgehead atoms. The number of benzene rings is 2. The zero-order chi connectivity index (χ0) is 24.9. The van der Waals surface area contributed by atoms with E-state index in [2.05, 4.69) is 15.3 Å². The maximum absolute atomic E-state index is 14.1. The number of nitrogens with zero attached hydrogens (tertiary/aromatic N) is 2. The van der Waals surface area contributed by atoms with Crippen LogP contribution in [0.25, 0.3) is 0 Å². The van der Waals surface area contributed by atoms with Crippen LogP contribution in [0.2, 0.25) is 10.0 Å². The van der Waals surface area contributed by atoms with Crippen LogP contribution in [-0.4, -0.2) is 39.4 Å². The van der Waals surface area contributed by atoms with Gasteiger partial charge in [0, 0.05) is 52.9 Å². The van der Waals surface area contributed by atoms with Crippen LogP contribution in [0, 0.1) is 5.92 Å². The molecule has 8 heteroatoms. The first kappa shape index (κ1) is 25.3. The number of piperidine rings is 1. The van der Waals surface area contributed by atoms with Crippen molar-refractivity contribution in [2.75, 3.05) is 6.54 Å². The fourth-order valence-corrected chi connectivity index (χ4v) is 5.36. The highest BCUT2D eigenvalue weighted by atomic mass is 35.5. The van der Waals surface area contributed by atoms with Gasteiger partial charge in [0.2, 0.25) is 0 Å². The number of carboxylic acid groups (broad SMARTS) is 1. The van der Waals surface area contributed by atoms with E-state index in [1.54, 1.807) is 36.8 Å². The molecule has 0 saturated carbocycles. The Morgan fingerprint density at radius 2 is 1.89 bits per heavy atom. The molecule has 1 aliphatic rings. The lowest BCUT2D eigenvalue weighted by Gasteiger charge is -2.41. The first-order chi connectivity index (χ1) is 16.8. The van der Waals surface area contributed by atoms with E-state index < -0.39 is 17.8 Å². The second-order valence-corrected chi connectivity index (χ2v) is 9.95. The van der Waals surface area contributed by atoms with Gasteiger partial charge in [0.25, 0.3) is 0 Å². The summed E-state index contributed by atoms with van der Waals surface area (Å²) in [7, 11) is 0. The molecule has 0 spiro atoms. The Labute approximate surface area is 214 Å². The van der Waals surface area contributed by atoms with Gasteiger partial charge < -0.3 is 10.4 Å². The van der Waals surface area contributed by atoms with Crippen molar-refractivity contribution in [2.45, 2.75) is 43.6 Å². The normalized spacial score (nSPS) is 21.7. The van der Waals surface area contributed by atoms with E-state index in [0.717, 1.165) is 11.1 Å². The SMILES string of the molecule is C[C@@H](C(=O)C(c1cnccn1)[C@H]1NC[C@@H](CC(=O)O)C[C@@H]1c1cccc(Cl)c1)c1ccc(Cl)cc1. The summed E-state index contributed by atoms with van der Waals surface area (Å²) in [4.78, 5) is 34.3. The van der Waals surface area contributed by atoms with Crippen LogP contribution in [-0.2, 0) is 9.59 Å². The van der Waals surface area contributed by atoms with Gasteiger partial charge in [-0.3, -0.25) is 19.6 Å². The summed E-state index contributed by atoms with van der Waals surface area (Å²) in [6, 6.07) is 14.5. The lowest BCUT2D eigenvalue weighted by atomic mass is 9.71. The van der Waals surface area contributed by atoms with Crippen LogP contribution in [0.5, 0.6) is 0 Å². The Morgan fingerprint density at radius 3 is 2.54 bits per heavy atom. The highest BCUT2D eigenvalue weighted by Crippen LogP contribution is 2.41. The standard InChI is InChI=1S/C27H27Cl2N3O3/c1-16(18-5-7-20(28)8-6-18)27(35)25(23-15-30-9-10-31-23)26-22(19-3-2-4-21(29)13-19)11-17(14-32-26)12-24(33)34/h2-10,13,15-17,22,25-26,32H,11-12,14H2,1H3,(H,33,34)/t16-,17-,22-,25?,26+/m1/s1. The number of halogens is 2. The summed E-state index contributed by atoms with van der Waals surface area (Å²) in [5.74, 6) is -2.03. The Balaban J connectivity index is 1.74. The quantitative estimate of drug-likeness (QED) is 0.416. The third-order valence-corrected chi connectivity index (χ3v) is 7.25. The van der Waals surface area contributed by atoms with E-state index in [-0.39, 0.29) is 30.1 Å². The van der Waals surface area contributed by atoms with Gasteiger partial charge in [-0.15, -0.1) is 0 Å². The molecule has 2 heterocycles. The van der Waals surface area contributed by atoms with Gasteiger partial charge in [-0.2, -0.15) is 0 Å². The van der Waals surface area contributed by atoms with Gasteiger partial charge in [-0.25, -0.2) is 0 Å². The smallest absolute Gasteiger partial charge is 0.303 e. The summed E-state index contributed by atoms with van der Waals surface area (Å²) in [6.07, 6.45) is 5.48. The second-order valence-electron chi connectivity index (χ2n) is 9.08. The number of ketones is 1. The Morgan fingerprint density at radius 1 is 1.11 bits per heavy atom. The van der Waals surface area contributed by atoms with Gasteiger partial charge in [-0.05, 0) is 54.3 Å². The van der Waals surface area contributed by atoms with E-state index in [9.17, 15) is 14.7 Å². The number of carbonyl (C=O) groups is 2. The highest BCUT2D eigenvalue weighted by molar-refractivity contribution is 6.30. The number of nitrogens with one attached hydrogen (secondary N) is 1. The van der Waals surface area contributed by atoms with Gasteiger partial charge in [-0.1, -0.05) is 54.4 Å². The maximum atomic E-state index is 14.1. The molecule has 1 saturated heterocycles. The molecule has 5 atom stereocenters. The van der Waals surface area contributed by atoms with Gasteiger partial charge >= 0.3 is 5.97 Å². The number of aliphatic carboxylic acids is 1. The minimum atomic E-state index is -0.835. The first-order valence-corrected chi connectivity index (χ1v) is 12.3. The summed E-state index contributed by atoms with van der Waals surface area (Å²) >= 11 is 12.4. The average molecular weight is 512 g/mol. The number of aromatic nitrogens is 2. The number of rotatable bonds is 8. The molecular formula is C27H27Cl2N3O3. The van der Waals surface area contributed by atoms with Crippen molar-refractivity contribution in [2.24, 2.45) is 5.92 Å². The molecule has 4 rings (SSSR count). The van der Waals surface area contributed by atoms with Gasteiger partial charge in [0.05, 0.1) is 11.6 Å². The largest absolute Gasteiger partial charge is 0.481 e. The number of hydrogen-bond acceptors (Lipinski definition) is 5. The molecule has 0 aliphatic carbocycles. The number of carboxylic acids is 1. The molecule has 6 nitrogen and oxygen atoms in total. The van der Waals surface area contributed by atoms with E-state index in [4.69, 9.17) is 23.2 Å². The Bertz CT molecular complexity index is 1170. The molecule has 35 heavy (non-hydrogen) atoms. The fraction of sp³-hybridized carbons (Fsp3) is 0.333. The van der Waals surface area contributed by atoms with Gasteiger partial charge in [0.15, 0.2) is 5.78 Å². The lowest BCUT2D eigenvalue weighted by Crippen LogP contribution is -2.50. The molecule has 3 aromatic rings. The van der Waals surface area contributed by atoms with Crippen molar-refractivity contribution in [3.8, 4) is 0 Å². The molecule has 0 radical (unpaired) electrons. The van der Waals surface area contributed by atoms with Crippen LogP contribution >= 0.6 is 23.2 Å². The predicted molar refractivity (Wildman–Crippen MR) is 136 cm³/mol. The Hall–Kier alpha value is -2.80. The minimum Gasteiger partial charge on any atom is -0.481 e. The van der Waals surface area contributed by atoms with E-state index in [1.807, 2.05) is 37.3 Å². The summed E-state index contributed by atoms with van der Waals surface area (Å²) in [5, 5.41) is 14.1. The van der Waals surface area contributed by atoms with E-state index in [1.165, 1.54) is 0 Å². The molecule has 182 valence electrons. The summed E-state index contributed by atoms with van der Waals surface area (Å²) < 4.78 is 0. The molecule has 1 aliphatic heterocycles. The summed E-state index contributed by atoms with van der Waals surface area (Å²) in [6.45, 7) is 2.38. The summed E-state index contributed by atoms with van der Waals surface area (Å²) in [5.41, 5.74) is 2.41. The van der Waals surface area contributed by atoms with Crippen molar-refractivity contribution in [3.05, 3.63) is 94.0 Å². The van der Waals surface area contributed by atoms with Crippen molar-refractivity contribution < 1.29 is 14.7 Å². The minimum absolute atomic E-state index is 0.00837. The molecular weight excluding hydrogens is 485 g/mol. The monoisotopic (exact) mass is 511 g/mol. The maximum Gasteiger partial charge on any atom is 0.303 e. The van der Waals surface area contributed by atoms with Crippen LogP contribution < -0.4 is 5.32 Å². The van der Waals surface area contributed by atoms with E-state index >= 15 is 0 Å². The zero-order valence-corrected chi connectivity index (χ0v) is 20.8. The van der Waals surface area contributed by atoms with Crippen LogP contribution in [0.3, 0.4) is 0 Å².